The quantitative estimate of drug-likeness (QED) is 0.740. The van der Waals surface area contributed by atoms with Gasteiger partial charge in [0.25, 0.3) is 5.91 Å². The van der Waals surface area contributed by atoms with Gasteiger partial charge in [0.2, 0.25) is 0 Å². The highest BCUT2D eigenvalue weighted by atomic mass is 35.5. The Hall–Kier alpha value is -2.08. The SMILES string of the molecule is Cc1cc(C(=O)N(C)CC(O)COCc2ccccc2)ccc1N.Cl. The number of ether oxygens (including phenoxy) is 1. The minimum absolute atomic E-state index is 0. The first kappa shape index (κ1) is 21.0. The molecule has 1 amide bonds. The van der Waals surface area contributed by atoms with Gasteiger partial charge in [-0.1, -0.05) is 30.3 Å². The van der Waals surface area contributed by atoms with Crippen molar-refractivity contribution >= 4 is 24.0 Å². The van der Waals surface area contributed by atoms with Gasteiger partial charge in [-0.05, 0) is 36.2 Å². The molecule has 0 radical (unpaired) electrons. The number of hydrogen-bond acceptors (Lipinski definition) is 4. The molecule has 2 aromatic rings. The Morgan fingerprint density at radius 3 is 2.56 bits per heavy atom. The number of hydrogen-bond donors (Lipinski definition) is 2. The molecule has 0 heterocycles. The second-order valence-electron chi connectivity index (χ2n) is 5.91. The zero-order valence-corrected chi connectivity index (χ0v) is 15.3. The maximum atomic E-state index is 12.4. The van der Waals surface area contributed by atoms with E-state index in [0.29, 0.717) is 17.9 Å². The summed E-state index contributed by atoms with van der Waals surface area (Å²) in [6.07, 6.45) is -0.738. The van der Waals surface area contributed by atoms with Gasteiger partial charge in [0, 0.05) is 24.8 Å². The lowest BCUT2D eigenvalue weighted by atomic mass is 10.1. The molecule has 0 bridgehead atoms. The highest BCUT2D eigenvalue weighted by Gasteiger charge is 2.16. The molecule has 136 valence electrons. The van der Waals surface area contributed by atoms with Crippen molar-refractivity contribution in [1.82, 2.24) is 4.90 Å². The average molecular weight is 365 g/mol. The van der Waals surface area contributed by atoms with E-state index in [1.54, 1.807) is 25.2 Å². The Morgan fingerprint density at radius 2 is 1.92 bits per heavy atom. The van der Waals surface area contributed by atoms with Crippen LogP contribution in [0.4, 0.5) is 5.69 Å². The van der Waals surface area contributed by atoms with E-state index < -0.39 is 6.10 Å². The van der Waals surface area contributed by atoms with E-state index in [4.69, 9.17) is 10.5 Å². The van der Waals surface area contributed by atoms with Crippen LogP contribution in [0.1, 0.15) is 21.5 Å². The van der Waals surface area contributed by atoms with Crippen molar-refractivity contribution in [2.24, 2.45) is 0 Å². The summed E-state index contributed by atoms with van der Waals surface area (Å²) >= 11 is 0. The van der Waals surface area contributed by atoms with Crippen LogP contribution < -0.4 is 5.73 Å². The number of carbonyl (C=O) groups is 1. The number of aryl methyl sites for hydroxylation is 1. The molecule has 2 aromatic carbocycles. The summed E-state index contributed by atoms with van der Waals surface area (Å²) in [4.78, 5) is 13.9. The first-order chi connectivity index (χ1) is 11.5. The van der Waals surface area contributed by atoms with Gasteiger partial charge < -0.3 is 20.5 Å². The molecule has 1 unspecified atom stereocenters. The summed E-state index contributed by atoms with van der Waals surface area (Å²) in [5.41, 5.74) is 8.89. The van der Waals surface area contributed by atoms with Gasteiger partial charge in [0.05, 0.1) is 19.3 Å². The minimum atomic E-state index is -0.738. The number of nitrogens with two attached hydrogens (primary N) is 1. The molecule has 0 saturated carbocycles. The Kier molecular flexibility index (Phi) is 8.41. The Bertz CT molecular complexity index is 680. The summed E-state index contributed by atoms with van der Waals surface area (Å²) in [6, 6.07) is 14.9. The molecule has 0 spiro atoms. The largest absolute Gasteiger partial charge is 0.399 e. The van der Waals surface area contributed by atoms with Gasteiger partial charge in [0.1, 0.15) is 0 Å². The summed E-state index contributed by atoms with van der Waals surface area (Å²) in [7, 11) is 1.66. The number of amides is 1. The van der Waals surface area contributed by atoms with Crippen LogP contribution in [0.5, 0.6) is 0 Å². The second kappa shape index (κ2) is 10.0. The van der Waals surface area contributed by atoms with E-state index in [1.165, 1.54) is 4.90 Å². The van der Waals surface area contributed by atoms with Crippen molar-refractivity contribution in [2.75, 3.05) is 25.9 Å². The number of nitrogen functional groups attached to an aromatic ring is 1. The fourth-order valence-electron chi connectivity index (χ4n) is 2.37. The lowest BCUT2D eigenvalue weighted by molar-refractivity contribution is 0.0137. The first-order valence-electron chi connectivity index (χ1n) is 7.88. The summed E-state index contributed by atoms with van der Waals surface area (Å²) < 4.78 is 5.50. The standard InChI is InChI=1S/C19H24N2O3.ClH/c1-14-10-16(8-9-18(14)20)19(23)21(2)11-17(22)13-24-12-15-6-4-3-5-7-15;/h3-10,17,22H,11-13,20H2,1-2H3;1H. The van der Waals surface area contributed by atoms with E-state index in [2.05, 4.69) is 0 Å². The fourth-order valence-corrected chi connectivity index (χ4v) is 2.37. The smallest absolute Gasteiger partial charge is 0.253 e. The number of benzene rings is 2. The first-order valence-corrected chi connectivity index (χ1v) is 7.88. The van der Waals surface area contributed by atoms with Crippen molar-refractivity contribution < 1.29 is 14.6 Å². The number of likely N-dealkylation sites (N-methyl/N-ethyl adjacent to an activating group) is 1. The Balaban J connectivity index is 0.00000312. The van der Waals surface area contributed by atoms with Crippen LogP contribution in [0.15, 0.2) is 48.5 Å². The molecule has 25 heavy (non-hydrogen) atoms. The van der Waals surface area contributed by atoms with E-state index >= 15 is 0 Å². The average Bonchev–Trinajstić information content (AvgIpc) is 2.57. The Labute approximate surface area is 154 Å². The predicted octanol–water partition coefficient (Wildman–Crippen LogP) is 2.65. The number of aliphatic hydroxyl groups excluding tert-OH is 1. The third-order valence-corrected chi connectivity index (χ3v) is 3.77. The van der Waals surface area contributed by atoms with Crippen molar-refractivity contribution in [2.45, 2.75) is 19.6 Å². The molecule has 5 nitrogen and oxygen atoms in total. The Morgan fingerprint density at radius 1 is 1.24 bits per heavy atom. The molecule has 2 rings (SSSR count). The maximum absolute atomic E-state index is 12.4. The number of rotatable bonds is 7. The fraction of sp³-hybridized carbons (Fsp3) is 0.316. The summed E-state index contributed by atoms with van der Waals surface area (Å²) in [5.74, 6) is -0.153. The van der Waals surface area contributed by atoms with Crippen molar-refractivity contribution in [3.8, 4) is 0 Å². The molecule has 0 aliphatic heterocycles. The van der Waals surface area contributed by atoms with Crippen LogP contribution in [-0.4, -0.2) is 42.2 Å². The minimum Gasteiger partial charge on any atom is -0.399 e. The molecule has 1 atom stereocenters. The van der Waals surface area contributed by atoms with Crippen molar-refractivity contribution in [3.63, 3.8) is 0 Å². The van der Waals surface area contributed by atoms with Crippen molar-refractivity contribution in [1.29, 1.82) is 0 Å². The lowest BCUT2D eigenvalue weighted by Crippen LogP contribution is -2.36. The van der Waals surface area contributed by atoms with Crippen molar-refractivity contribution in [3.05, 3.63) is 65.2 Å². The summed E-state index contributed by atoms with van der Waals surface area (Å²) in [5, 5.41) is 10.1. The molecule has 3 N–H and O–H groups in total. The maximum Gasteiger partial charge on any atom is 0.253 e. The molecule has 0 aliphatic rings. The van der Waals surface area contributed by atoms with Crippen LogP contribution in [0.3, 0.4) is 0 Å². The van der Waals surface area contributed by atoms with Crippen LogP contribution in [0.25, 0.3) is 0 Å². The number of anilines is 1. The monoisotopic (exact) mass is 364 g/mol. The molecule has 0 saturated heterocycles. The van der Waals surface area contributed by atoms with Gasteiger partial charge in [-0.3, -0.25) is 4.79 Å². The number of aliphatic hydroxyl groups is 1. The molecular weight excluding hydrogens is 340 g/mol. The number of nitrogens with zero attached hydrogens (tertiary/aromatic N) is 1. The van der Waals surface area contributed by atoms with E-state index in [0.717, 1.165) is 11.1 Å². The highest BCUT2D eigenvalue weighted by molar-refractivity contribution is 5.94. The molecule has 0 fully saturated rings. The van der Waals surface area contributed by atoms with Gasteiger partial charge in [-0.15, -0.1) is 12.4 Å². The summed E-state index contributed by atoms with van der Waals surface area (Å²) in [6.45, 7) is 2.68. The number of halogens is 1. The third kappa shape index (κ3) is 6.38. The predicted molar refractivity (Wildman–Crippen MR) is 102 cm³/mol. The van der Waals surface area contributed by atoms with E-state index in [-0.39, 0.29) is 31.5 Å². The topological polar surface area (TPSA) is 75.8 Å². The van der Waals surface area contributed by atoms with Crippen LogP contribution >= 0.6 is 12.4 Å². The van der Waals surface area contributed by atoms with Gasteiger partial charge in [-0.25, -0.2) is 0 Å². The third-order valence-electron chi connectivity index (χ3n) is 3.77. The molecular formula is C19H25ClN2O3. The van der Waals surface area contributed by atoms with Crippen LogP contribution in [0.2, 0.25) is 0 Å². The van der Waals surface area contributed by atoms with E-state index in [1.807, 2.05) is 37.3 Å². The van der Waals surface area contributed by atoms with Gasteiger partial charge in [0.15, 0.2) is 0 Å². The lowest BCUT2D eigenvalue weighted by Gasteiger charge is -2.21. The zero-order valence-electron chi connectivity index (χ0n) is 14.5. The number of carbonyl (C=O) groups excluding carboxylic acids is 1. The van der Waals surface area contributed by atoms with Gasteiger partial charge in [-0.2, -0.15) is 0 Å². The van der Waals surface area contributed by atoms with Gasteiger partial charge >= 0.3 is 0 Å². The second-order valence-corrected chi connectivity index (χ2v) is 5.91. The molecule has 0 aromatic heterocycles. The van der Waals surface area contributed by atoms with E-state index in [9.17, 15) is 9.90 Å². The zero-order chi connectivity index (χ0) is 17.5. The van der Waals surface area contributed by atoms with Crippen LogP contribution in [0, 0.1) is 6.92 Å². The molecule has 6 heteroatoms. The van der Waals surface area contributed by atoms with Crippen LogP contribution in [-0.2, 0) is 11.3 Å². The highest BCUT2D eigenvalue weighted by Crippen LogP contribution is 2.14. The normalized spacial score (nSPS) is 11.5. The molecule has 0 aliphatic carbocycles.